The molecule has 1 aliphatic rings. The standard InChI is InChI=1S/C18H18F2N2O.C12H15F3N2/c19-14-6-7-17(20)16(9-14)18(21-10-12-4-5-12)13-2-1-3-15(8-13)22-11-23;1-9(5-6-12(13,14)15)17-11-4-2-3-10(7-11)8-16/h1-3,6-9,11-12,18,21H,4-5,10H2,(H,22,23);2-5,7,17H,6,8,16H2,1H3/b;9-5-. The summed E-state index contributed by atoms with van der Waals surface area (Å²) in [5, 5.41) is 8.80. The van der Waals surface area contributed by atoms with Gasteiger partial charge in [0, 0.05) is 29.2 Å². The zero-order valence-electron chi connectivity index (χ0n) is 22.1. The van der Waals surface area contributed by atoms with Gasteiger partial charge in [-0.2, -0.15) is 13.2 Å². The molecule has 5 N–H and O–H groups in total. The van der Waals surface area contributed by atoms with Crippen molar-refractivity contribution in [2.45, 2.75) is 44.9 Å². The first-order valence-electron chi connectivity index (χ1n) is 12.9. The minimum atomic E-state index is -4.16. The maximum atomic E-state index is 14.2. The van der Waals surface area contributed by atoms with E-state index in [-0.39, 0.29) is 5.56 Å². The molecule has 4 rings (SSSR count). The minimum absolute atomic E-state index is 0.272. The number of alkyl halides is 3. The molecule has 40 heavy (non-hydrogen) atoms. The lowest BCUT2D eigenvalue weighted by Gasteiger charge is -2.21. The van der Waals surface area contributed by atoms with Crippen molar-refractivity contribution < 1.29 is 26.7 Å². The minimum Gasteiger partial charge on any atom is -0.359 e. The summed E-state index contributed by atoms with van der Waals surface area (Å²) in [7, 11) is 0. The fourth-order valence-corrected chi connectivity index (χ4v) is 3.95. The van der Waals surface area contributed by atoms with Crippen molar-refractivity contribution in [3.8, 4) is 0 Å². The van der Waals surface area contributed by atoms with Crippen LogP contribution in [0.4, 0.5) is 33.3 Å². The monoisotopic (exact) mass is 560 g/mol. The van der Waals surface area contributed by atoms with Crippen molar-refractivity contribution in [2.75, 3.05) is 17.2 Å². The maximum Gasteiger partial charge on any atom is 0.392 e. The zero-order chi connectivity index (χ0) is 29.1. The summed E-state index contributed by atoms with van der Waals surface area (Å²) < 4.78 is 63.8. The molecule has 1 atom stereocenters. The van der Waals surface area contributed by atoms with Crippen LogP contribution in [0.15, 0.2) is 78.5 Å². The molecule has 1 amide bonds. The number of nitrogens with two attached hydrogens (primary N) is 1. The number of hydrogen-bond donors (Lipinski definition) is 4. The molecule has 5 nitrogen and oxygen atoms in total. The molecular formula is C30H33F5N4O. The lowest BCUT2D eigenvalue weighted by Crippen LogP contribution is -2.25. The molecule has 3 aromatic carbocycles. The van der Waals surface area contributed by atoms with E-state index in [9.17, 15) is 26.7 Å². The van der Waals surface area contributed by atoms with Crippen molar-refractivity contribution in [3.63, 3.8) is 0 Å². The topological polar surface area (TPSA) is 79.2 Å². The predicted octanol–water partition coefficient (Wildman–Crippen LogP) is 7.04. The predicted molar refractivity (Wildman–Crippen MR) is 147 cm³/mol. The summed E-state index contributed by atoms with van der Waals surface area (Å²) in [5.41, 5.74) is 9.28. The Bertz CT molecular complexity index is 1290. The number of allylic oxidation sites excluding steroid dienone is 2. The van der Waals surface area contributed by atoms with Gasteiger partial charge in [-0.25, -0.2) is 8.78 Å². The Labute approximate surface area is 230 Å². The van der Waals surface area contributed by atoms with Gasteiger partial charge in [-0.1, -0.05) is 30.3 Å². The third-order valence-electron chi connectivity index (χ3n) is 6.17. The van der Waals surface area contributed by atoms with Crippen LogP contribution in [0.5, 0.6) is 0 Å². The molecule has 3 aromatic rings. The van der Waals surface area contributed by atoms with Gasteiger partial charge in [0.15, 0.2) is 0 Å². The van der Waals surface area contributed by atoms with E-state index in [1.165, 1.54) is 6.07 Å². The van der Waals surface area contributed by atoms with Crippen LogP contribution in [0.1, 0.15) is 48.9 Å². The van der Waals surface area contributed by atoms with E-state index < -0.39 is 30.3 Å². The van der Waals surface area contributed by atoms with E-state index in [2.05, 4.69) is 16.0 Å². The first-order chi connectivity index (χ1) is 19.1. The van der Waals surface area contributed by atoms with Gasteiger partial charge >= 0.3 is 6.18 Å². The highest BCUT2D eigenvalue weighted by molar-refractivity contribution is 5.71. The van der Waals surface area contributed by atoms with Gasteiger partial charge in [0.2, 0.25) is 6.41 Å². The molecule has 0 aromatic heterocycles. The van der Waals surface area contributed by atoms with Gasteiger partial charge in [0.25, 0.3) is 0 Å². The van der Waals surface area contributed by atoms with Gasteiger partial charge in [-0.15, -0.1) is 0 Å². The fourth-order valence-electron chi connectivity index (χ4n) is 3.95. The van der Waals surface area contributed by atoms with Gasteiger partial charge in [0.1, 0.15) is 11.6 Å². The normalized spacial score (nSPS) is 14.1. The Kier molecular flexibility index (Phi) is 11.2. The van der Waals surface area contributed by atoms with E-state index in [0.29, 0.717) is 30.3 Å². The lowest BCUT2D eigenvalue weighted by molar-refractivity contribution is -0.125. The van der Waals surface area contributed by atoms with E-state index >= 15 is 0 Å². The highest BCUT2D eigenvalue weighted by atomic mass is 19.4. The molecule has 1 unspecified atom stereocenters. The summed E-state index contributed by atoms with van der Waals surface area (Å²) in [4.78, 5) is 10.6. The summed E-state index contributed by atoms with van der Waals surface area (Å²) in [6.45, 7) is 2.76. The van der Waals surface area contributed by atoms with Crippen LogP contribution in [0.25, 0.3) is 0 Å². The first kappa shape index (κ1) is 30.8. The Balaban J connectivity index is 0.000000232. The average Bonchev–Trinajstić information content (AvgIpc) is 3.75. The zero-order valence-corrected chi connectivity index (χ0v) is 22.1. The molecule has 10 heteroatoms. The molecular weight excluding hydrogens is 527 g/mol. The second-order valence-corrected chi connectivity index (χ2v) is 9.57. The summed E-state index contributed by atoms with van der Waals surface area (Å²) in [6.07, 6.45) is -1.05. The van der Waals surface area contributed by atoms with Crippen molar-refractivity contribution >= 4 is 17.8 Å². The maximum absolute atomic E-state index is 14.2. The number of nitrogens with one attached hydrogen (secondary N) is 3. The van der Waals surface area contributed by atoms with Crippen LogP contribution in [-0.4, -0.2) is 19.1 Å². The number of benzene rings is 3. The largest absolute Gasteiger partial charge is 0.392 e. The molecule has 0 heterocycles. The summed E-state index contributed by atoms with van der Waals surface area (Å²) >= 11 is 0. The third kappa shape index (κ3) is 10.4. The molecule has 1 saturated carbocycles. The van der Waals surface area contributed by atoms with Crippen molar-refractivity contribution in [2.24, 2.45) is 11.7 Å². The van der Waals surface area contributed by atoms with E-state index in [0.717, 1.165) is 54.4 Å². The smallest absolute Gasteiger partial charge is 0.359 e. The van der Waals surface area contributed by atoms with E-state index in [1.54, 1.807) is 31.2 Å². The highest BCUT2D eigenvalue weighted by Crippen LogP contribution is 2.31. The Hall–Kier alpha value is -3.76. The van der Waals surface area contributed by atoms with Gasteiger partial charge in [0.05, 0.1) is 12.5 Å². The Morgan fingerprint density at radius 3 is 2.42 bits per heavy atom. The molecule has 1 fully saturated rings. The van der Waals surface area contributed by atoms with Crippen LogP contribution >= 0.6 is 0 Å². The molecule has 0 spiro atoms. The quantitative estimate of drug-likeness (QED) is 0.150. The van der Waals surface area contributed by atoms with Crippen LogP contribution in [0.2, 0.25) is 0 Å². The molecule has 0 radical (unpaired) electrons. The summed E-state index contributed by atoms with van der Waals surface area (Å²) in [5.74, 6) is -0.319. The molecule has 0 saturated heterocycles. The van der Waals surface area contributed by atoms with Crippen LogP contribution in [-0.2, 0) is 11.3 Å². The van der Waals surface area contributed by atoms with Gasteiger partial charge in [-0.3, -0.25) is 4.79 Å². The lowest BCUT2D eigenvalue weighted by atomic mass is 9.97. The van der Waals surface area contributed by atoms with Crippen LogP contribution in [0, 0.1) is 17.6 Å². The van der Waals surface area contributed by atoms with Crippen molar-refractivity contribution in [1.29, 1.82) is 0 Å². The Morgan fingerprint density at radius 1 is 1.02 bits per heavy atom. The second-order valence-electron chi connectivity index (χ2n) is 9.57. The number of carbonyl (C=O) groups excluding carboxylic acids is 1. The molecule has 0 aliphatic heterocycles. The Morgan fingerprint density at radius 2 is 1.75 bits per heavy atom. The van der Waals surface area contributed by atoms with Crippen molar-refractivity contribution in [3.05, 3.63) is 107 Å². The SMILES string of the molecule is C/C(=C/CC(F)(F)F)Nc1cccc(CN)c1.O=CNc1cccc(C(NCC2CC2)c2cc(F)ccc2F)c1. The average molecular weight is 561 g/mol. The number of amides is 1. The van der Waals surface area contributed by atoms with Crippen molar-refractivity contribution in [1.82, 2.24) is 5.32 Å². The first-order valence-corrected chi connectivity index (χ1v) is 12.9. The third-order valence-corrected chi connectivity index (χ3v) is 6.17. The van der Waals surface area contributed by atoms with Crippen LogP contribution in [0.3, 0.4) is 0 Å². The number of anilines is 2. The summed E-state index contributed by atoms with van der Waals surface area (Å²) in [6, 6.07) is 17.4. The number of hydrogen-bond acceptors (Lipinski definition) is 4. The van der Waals surface area contributed by atoms with E-state index in [1.807, 2.05) is 24.3 Å². The molecule has 214 valence electrons. The van der Waals surface area contributed by atoms with Gasteiger partial charge < -0.3 is 21.7 Å². The molecule has 0 bridgehead atoms. The van der Waals surface area contributed by atoms with E-state index in [4.69, 9.17) is 5.73 Å². The highest BCUT2D eigenvalue weighted by Gasteiger charge is 2.26. The number of halogens is 5. The fraction of sp³-hybridized carbons (Fsp3) is 0.300. The van der Waals surface area contributed by atoms with Crippen LogP contribution < -0.4 is 21.7 Å². The van der Waals surface area contributed by atoms with Gasteiger partial charge in [-0.05, 0) is 85.8 Å². The second kappa shape index (κ2) is 14.6. The number of rotatable bonds is 11. The number of carbonyl (C=O) groups is 1. The molecule has 1 aliphatic carbocycles.